The fraction of sp³-hybridized carbons (Fsp3) is 0.682. The largest absolute Gasteiger partial charge is 0.340 e. The second-order valence-electron chi connectivity index (χ2n) is 8.09. The number of aryl methyl sites for hydroxylation is 1. The summed E-state index contributed by atoms with van der Waals surface area (Å²) in [5, 5.41) is 0. The van der Waals surface area contributed by atoms with Crippen LogP contribution in [0.15, 0.2) is 29.2 Å². The molecule has 0 bridgehead atoms. The fourth-order valence-electron chi connectivity index (χ4n) is 4.56. The summed E-state index contributed by atoms with van der Waals surface area (Å²) in [4.78, 5) is 17.5. The van der Waals surface area contributed by atoms with Gasteiger partial charge in [-0.3, -0.25) is 9.69 Å². The molecule has 1 aliphatic carbocycles. The van der Waals surface area contributed by atoms with Crippen molar-refractivity contribution in [3.8, 4) is 0 Å². The SMILES string of the molecule is CCN(CC)S(=O)(=O)c1ccc(CCC(=O)N2CCN(C3CCCC3)CC2)cc1. The van der Waals surface area contributed by atoms with E-state index in [-0.39, 0.29) is 5.91 Å². The summed E-state index contributed by atoms with van der Waals surface area (Å²) in [5.74, 6) is 0.205. The van der Waals surface area contributed by atoms with E-state index in [1.54, 1.807) is 12.1 Å². The van der Waals surface area contributed by atoms with Crippen LogP contribution < -0.4 is 0 Å². The van der Waals surface area contributed by atoms with E-state index < -0.39 is 10.0 Å². The minimum Gasteiger partial charge on any atom is -0.340 e. The lowest BCUT2D eigenvalue weighted by Crippen LogP contribution is -2.51. The van der Waals surface area contributed by atoms with Gasteiger partial charge in [-0.05, 0) is 37.0 Å². The Bertz CT molecular complexity index is 761. The van der Waals surface area contributed by atoms with E-state index >= 15 is 0 Å². The van der Waals surface area contributed by atoms with E-state index in [0.29, 0.717) is 30.8 Å². The number of carbonyl (C=O) groups is 1. The minimum absolute atomic E-state index is 0.205. The maximum absolute atomic E-state index is 12.6. The van der Waals surface area contributed by atoms with Gasteiger partial charge in [0.15, 0.2) is 0 Å². The van der Waals surface area contributed by atoms with Gasteiger partial charge in [-0.25, -0.2) is 8.42 Å². The molecule has 3 rings (SSSR count). The van der Waals surface area contributed by atoms with Gasteiger partial charge in [-0.1, -0.05) is 38.8 Å². The predicted octanol–water partition coefficient (Wildman–Crippen LogP) is 2.74. The van der Waals surface area contributed by atoms with Gasteiger partial charge in [0.2, 0.25) is 15.9 Å². The van der Waals surface area contributed by atoms with E-state index in [1.165, 1.54) is 30.0 Å². The zero-order valence-corrected chi connectivity index (χ0v) is 18.7. The Balaban J connectivity index is 1.48. The number of hydrogen-bond acceptors (Lipinski definition) is 4. The molecule has 0 spiro atoms. The molecule has 0 aromatic heterocycles. The molecule has 1 amide bonds. The summed E-state index contributed by atoms with van der Waals surface area (Å²) >= 11 is 0. The van der Waals surface area contributed by atoms with Crippen LogP contribution in [0, 0.1) is 0 Å². The van der Waals surface area contributed by atoms with E-state index in [4.69, 9.17) is 0 Å². The highest BCUT2D eigenvalue weighted by Gasteiger charge is 2.27. The lowest BCUT2D eigenvalue weighted by Gasteiger charge is -2.38. The molecule has 162 valence electrons. The molecule has 1 saturated heterocycles. The number of nitrogens with zero attached hydrogens (tertiary/aromatic N) is 3. The van der Waals surface area contributed by atoms with Gasteiger partial charge in [0.05, 0.1) is 4.90 Å². The number of benzene rings is 1. The van der Waals surface area contributed by atoms with Crippen molar-refractivity contribution < 1.29 is 13.2 Å². The molecule has 1 saturated carbocycles. The molecule has 2 aliphatic rings. The molecule has 6 nitrogen and oxygen atoms in total. The number of piperazine rings is 1. The average molecular weight is 422 g/mol. The van der Waals surface area contributed by atoms with Crippen LogP contribution >= 0.6 is 0 Å². The molecule has 7 heteroatoms. The lowest BCUT2D eigenvalue weighted by atomic mass is 10.1. The first-order valence-corrected chi connectivity index (χ1v) is 12.5. The first-order chi connectivity index (χ1) is 14.0. The summed E-state index contributed by atoms with van der Waals surface area (Å²) in [6.45, 7) is 8.25. The normalized spacial score (nSPS) is 19.2. The molecule has 1 aromatic rings. The maximum atomic E-state index is 12.6. The van der Waals surface area contributed by atoms with Gasteiger partial charge >= 0.3 is 0 Å². The molecule has 1 heterocycles. The summed E-state index contributed by atoms with van der Waals surface area (Å²) in [6.07, 6.45) is 6.44. The van der Waals surface area contributed by atoms with Crippen LogP contribution in [0.4, 0.5) is 0 Å². The number of carbonyl (C=O) groups excluding carboxylic acids is 1. The Morgan fingerprint density at radius 1 is 1.00 bits per heavy atom. The van der Waals surface area contributed by atoms with Crippen molar-refractivity contribution in [2.75, 3.05) is 39.3 Å². The average Bonchev–Trinajstić information content (AvgIpc) is 3.28. The Labute approximate surface area is 175 Å². The molecule has 2 fully saturated rings. The van der Waals surface area contributed by atoms with Crippen LogP contribution in [-0.4, -0.2) is 73.7 Å². The minimum atomic E-state index is -3.43. The quantitative estimate of drug-likeness (QED) is 0.648. The van der Waals surface area contributed by atoms with Crippen molar-refractivity contribution in [3.05, 3.63) is 29.8 Å². The second kappa shape index (κ2) is 10.0. The Kier molecular flexibility index (Phi) is 7.71. The van der Waals surface area contributed by atoms with Crippen LogP contribution in [0.1, 0.15) is 51.5 Å². The van der Waals surface area contributed by atoms with Gasteiger partial charge in [0, 0.05) is 51.7 Å². The number of rotatable bonds is 8. The molecule has 0 radical (unpaired) electrons. The Morgan fingerprint density at radius 2 is 1.59 bits per heavy atom. The monoisotopic (exact) mass is 421 g/mol. The first-order valence-electron chi connectivity index (χ1n) is 11.1. The van der Waals surface area contributed by atoms with E-state index in [2.05, 4.69) is 4.90 Å². The maximum Gasteiger partial charge on any atom is 0.243 e. The lowest BCUT2D eigenvalue weighted by molar-refractivity contribution is -0.133. The summed E-state index contributed by atoms with van der Waals surface area (Å²) in [6, 6.07) is 7.73. The highest BCUT2D eigenvalue weighted by atomic mass is 32.2. The van der Waals surface area contributed by atoms with E-state index in [1.807, 2.05) is 30.9 Å². The predicted molar refractivity (Wildman–Crippen MR) is 115 cm³/mol. The number of amides is 1. The van der Waals surface area contributed by atoms with Crippen LogP contribution in [0.5, 0.6) is 0 Å². The highest BCUT2D eigenvalue weighted by molar-refractivity contribution is 7.89. The molecule has 1 aromatic carbocycles. The third-order valence-corrected chi connectivity index (χ3v) is 8.47. The standard InChI is InChI=1S/C22H35N3O3S/c1-3-25(4-2)29(27,28)21-12-9-19(10-13-21)11-14-22(26)24-17-15-23(16-18-24)20-7-5-6-8-20/h9-10,12-13,20H,3-8,11,14-18H2,1-2H3. The van der Waals surface area contributed by atoms with Crippen LogP contribution in [-0.2, 0) is 21.2 Å². The van der Waals surface area contributed by atoms with Gasteiger partial charge < -0.3 is 4.90 Å². The van der Waals surface area contributed by atoms with Crippen molar-refractivity contribution >= 4 is 15.9 Å². The molecule has 1 aliphatic heterocycles. The van der Waals surface area contributed by atoms with Crippen LogP contribution in [0.2, 0.25) is 0 Å². The molecule has 0 N–H and O–H groups in total. The Hall–Kier alpha value is -1.44. The van der Waals surface area contributed by atoms with Crippen LogP contribution in [0.3, 0.4) is 0 Å². The zero-order chi connectivity index (χ0) is 20.9. The summed E-state index contributed by atoms with van der Waals surface area (Å²) < 4.78 is 26.6. The molecular formula is C22H35N3O3S. The number of sulfonamides is 1. The highest BCUT2D eigenvalue weighted by Crippen LogP contribution is 2.24. The second-order valence-corrected chi connectivity index (χ2v) is 10.0. The molecular weight excluding hydrogens is 386 g/mol. The fourth-order valence-corrected chi connectivity index (χ4v) is 6.01. The summed E-state index contributed by atoms with van der Waals surface area (Å²) in [5.41, 5.74) is 1.00. The third kappa shape index (κ3) is 5.38. The van der Waals surface area contributed by atoms with Gasteiger partial charge in [0.25, 0.3) is 0 Å². The summed E-state index contributed by atoms with van der Waals surface area (Å²) in [7, 11) is -3.43. The zero-order valence-electron chi connectivity index (χ0n) is 17.8. The third-order valence-electron chi connectivity index (χ3n) is 6.40. The molecule has 0 unspecified atom stereocenters. The van der Waals surface area contributed by atoms with Crippen molar-refractivity contribution in [1.29, 1.82) is 0 Å². The van der Waals surface area contributed by atoms with Crippen molar-refractivity contribution in [2.45, 2.75) is 63.3 Å². The van der Waals surface area contributed by atoms with Crippen molar-refractivity contribution in [2.24, 2.45) is 0 Å². The first kappa shape index (κ1) is 22.2. The number of hydrogen-bond donors (Lipinski definition) is 0. The van der Waals surface area contributed by atoms with Gasteiger partial charge in [-0.15, -0.1) is 0 Å². The van der Waals surface area contributed by atoms with Crippen molar-refractivity contribution in [1.82, 2.24) is 14.1 Å². The topological polar surface area (TPSA) is 60.9 Å². The van der Waals surface area contributed by atoms with Crippen molar-refractivity contribution in [3.63, 3.8) is 0 Å². The van der Waals surface area contributed by atoms with Gasteiger partial charge in [-0.2, -0.15) is 4.31 Å². The van der Waals surface area contributed by atoms with E-state index in [0.717, 1.165) is 37.8 Å². The smallest absolute Gasteiger partial charge is 0.243 e. The van der Waals surface area contributed by atoms with Crippen LogP contribution in [0.25, 0.3) is 0 Å². The molecule has 29 heavy (non-hydrogen) atoms. The van der Waals surface area contributed by atoms with Gasteiger partial charge in [0.1, 0.15) is 0 Å². The molecule has 0 atom stereocenters. The Morgan fingerprint density at radius 3 is 2.14 bits per heavy atom. The van der Waals surface area contributed by atoms with E-state index in [9.17, 15) is 13.2 Å².